The Balaban J connectivity index is 1.62. The molecule has 2 bridgehead atoms. The van der Waals surface area contributed by atoms with Crippen molar-refractivity contribution in [1.82, 2.24) is 4.90 Å². The summed E-state index contributed by atoms with van der Waals surface area (Å²) in [4.78, 5) is 15.6. The number of piperidine rings is 1. The van der Waals surface area contributed by atoms with E-state index >= 15 is 0 Å². The van der Waals surface area contributed by atoms with Crippen LogP contribution in [0.4, 0.5) is 0 Å². The number of hydrogen-bond acceptors (Lipinski definition) is 3. The van der Waals surface area contributed by atoms with Crippen molar-refractivity contribution in [3.8, 4) is 5.75 Å². The van der Waals surface area contributed by atoms with E-state index in [1.54, 1.807) is 7.11 Å². The number of Topliss-reactive ketones (excluding diaryl/α,β-unsaturated/α-hetero) is 1. The molecule has 26 heavy (non-hydrogen) atoms. The van der Waals surface area contributed by atoms with Crippen molar-refractivity contribution in [2.75, 3.05) is 20.2 Å². The molecule has 1 aromatic rings. The van der Waals surface area contributed by atoms with Gasteiger partial charge in [-0.15, -0.1) is 0 Å². The minimum absolute atomic E-state index is 0.0584. The van der Waals surface area contributed by atoms with E-state index in [4.69, 9.17) is 4.74 Å². The number of rotatable bonds is 4. The summed E-state index contributed by atoms with van der Waals surface area (Å²) in [6.07, 6.45) is 7.82. The van der Waals surface area contributed by atoms with Gasteiger partial charge in [0.25, 0.3) is 0 Å². The van der Waals surface area contributed by atoms with E-state index in [0.29, 0.717) is 23.7 Å². The van der Waals surface area contributed by atoms with Crippen molar-refractivity contribution >= 4 is 5.78 Å². The zero-order chi connectivity index (χ0) is 17.9. The lowest BCUT2D eigenvalue weighted by Crippen LogP contribution is -2.64. The number of fused-ring (bicyclic) bond motifs is 1. The third kappa shape index (κ3) is 2.46. The molecule has 0 radical (unpaired) electrons. The molecule has 5 rings (SSSR count). The molecule has 3 heteroatoms. The van der Waals surface area contributed by atoms with E-state index < -0.39 is 0 Å². The third-order valence-electron chi connectivity index (χ3n) is 7.87. The Morgan fingerprint density at radius 1 is 1.27 bits per heavy atom. The number of methoxy groups -OCH3 is 1. The molecule has 140 valence electrons. The van der Waals surface area contributed by atoms with Crippen molar-refractivity contribution in [3.05, 3.63) is 29.3 Å². The van der Waals surface area contributed by atoms with Crippen molar-refractivity contribution in [2.24, 2.45) is 17.8 Å². The number of likely N-dealkylation sites (tertiary alicyclic amines) is 1. The van der Waals surface area contributed by atoms with E-state index in [0.717, 1.165) is 50.3 Å². The van der Waals surface area contributed by atoms with Crippen LogP contribution in [0, 0.1) is 17.8 Å². The molecular weight excluding hydrogens is 322 g/mol. The molecule has 3 fully saturated rings. The molecule has 0 spiro atoms. The maximum Gasteiger partial charge on any atom is 0.134 e. The van der Waals surface area contributed by atoms with Crippen LogP contribution in [0.5, 0.6) is 5.75 Å². The largest absolute Gasteiger partial charge is 0.497 e. The average molecular weight is 354 g/mol. The van der Waals surface area contributed by atoms with E-state index in [-0.39, 0.29) is 5.41 Å². The van der Waals surface area contributed by atoms with Crippen molar-refractivity contribution in [1.29, 1.82) is 0 Å². The van der Waals surface area contributed by atoms with Gasteiger partial charge >= 0.3 is 0 Å². The number of hydrogen-bond donors (Lipinski definition) is 0. The lowest BCUT2D eigenvalue weighted by atomic mass is 9.49. The second-order valence-electron chi connectivity index (χ2n) is 9.25. The zero-order valence-electron chi connectivity index (χ0n) is 16.2. The first kappa shape index (κ1) is 16.8. The summed E-state index contributed by atoms with van der Waals surface area (Å²) < 4.78 is 5.56. The van der Waals surface area contributed by atoms with Gasteiger partial charge in [0.2, 0.25) is 0 Å². The molecule has 1 aliphatic heterocycles. The number of carbonyl (C=O) groups is 1. The number of ether oxygens (including phenoxy) is 1. The lowest BCUT2D eigenvalue weighted by molar-refractivity contribution is -0.132. The van der Waals surface area contributed by atoms with Crippen molar-refractivity contribution in [2.45, 2.75) is 63.3 Å². The fraction of sp³-hybridized carbons (Fsp3) is 0.696. The summed E-state index contributed by atoms with van der Waals surface area (Å²) in [5, 5.41) is 0. The first-order valence-corrected chi connectivity index (χ1v) is 10.6. The molecule has 1 saturated heterocycles. The first-order valence-electron chi connectivity index (χ1n) is 10.6. The maximum atomic E-state index is 12.8. The van der Waals surface area contributed by atoms with Gasteiger partial charge in [0.15, 0.2) is 0 Å². The summed E-state index contributed by atoms with van der Waals surface area (Å²) in [6.45, 7) is 4.74. The van der Waals surface area contributed by atoms with Gasteiger partial charge in [0.1, 0.15) is 11.5 Å². The predicted molar refractivity (Wildman–Crippen MR) is 103 cm³/mol. The monoisotopic (exact) mass is 353 g/mol. The fourth-order valence-corrected chi connectivity index (χ4v) is 6.56. The van der Waals surface area contributed by atoms with Crippen LogP contribution in [-0.2, 0) is 16.6 Å². The maximum absolute atomic E-state index is 12.8. The second-order valence-corrected chi connectivity index (χ2v) is 9.25. The van der Waals surface area contributed by atoms with E-state index in [1.807, 2.05) is 0 Å². The van der Waals surface area contributed by atoms with Gasteiger partial charge in [-0.05, 0) is 73.2 Å². The summed E-state index contributed by atoms with van der Waals surface area (Å²) in [5.41, 5.74) is 2.97. The normalized spacial score (nSPS) is 36.4. The van der Waals surface area contributed by atoms with Gasteiger partial charge in [-0.25, -0.2) is 0 Å². The molecule has 4 aliphatic rings. The van der Waals surface area contributed by atoms with E-state index in [9.17, 15) is 4.79 Å². The molecule has 3 aliphatic carbocycles. The first-order chi connectivity index (χ1) is 12.6. The molecule has 2 saturated carbocycles. The standard InChI is InChI=1S/C23H31NO2/c1-3-16-10-18(25)13-23-8-9-24(14-15-4-5-15)21(22(16)23)11-17-6-7-19(26-2)12-20(17)23/h6-7,12,15-16,21-22H,3-5,8-11,13-14H2,1-2H3/t16-,21?,22-,23?/m0/s1. The van der Waals surface area contributed by atoms with Gasteiger partial charge in [0, 0.05) is 30.8 Å². The topological polar surface area (TPSA) is 29.5 Å². The zero-order valence-corrected chi connectivity index (χ0v) is 16.2. The van der Waals surface area contributed by atoms with E-state index in [2.05, 4.69) is 30.0 Å². The lowest BCUT2D eigenvalue weighted by Gasteiger charge is -2.61. The molecule has 4 atom stereocenters. The van der Waals surface area contributed by atoms with Crippen LogP contribution in [0.2, 0.25) is 0 Å². The Morgan fingerprint density at radius 2 is 2.12 bits per heavy atom. The second kappa shape index (κ2) is 6.09. The van der Waals surface area contributed by atoms with Crippen LogP contribution >= 0.6 is 0 Å². The summed E-state index contributed by atoms with van der Waals surface area (Å²) in [7, 11) is 1.75. The third-order valence-corrected chi connectivity index (χ3v) is 7.87. The highest BCUT2D eigenvalue weighted by atomic mass is 16.5. The van der Waals surface area contributed by atoms with Crippen LogP contribution in [0.3, 0.4) is 0 Å². The van der Waals surface area contributed by atoms with E-state index in [1.165, 1.54) is 30.5 Å². The minimum atomic E-state index is 0.0584. The number of carbonyl (C=O) groups excluding carboxylic acids is 1. The van der Waals surface area contributed by atoms with Gasteiger partial charge in [-0.2, -0.15) is 0 Å². The van der Waals surface area contributed by atoms with Crippen LogP contribution < -0.4 is 4.74 Å². The highest BCUT2D eigenvalue weighted by Gasteiger charge is 2.58. The summed E-state index contributed by atoms with van der Waals surface area (Å²) >= 11 is 0. The number of nitrogens with zero attached hydrogens (tertiary/aromatic N) is 1. The molecule has 1 aromatic carbocycles. The summed E-state index contributed by atoms with van der Waals surface area (Å²) in [6, 6.07) is 7.28. The van der Waals surface area contributed by atoms with Crippen molar-refractivity contribution < 1.29 is 9.53 Å². The Bertz CT molecular complexity index is 725. The SMILES string of the molecule is CC[C@H]1CC(=O)CC23CCN(CC4CC4)C(Cc4ccc(OC)cc42)[C@H]13. The van der Waals surface area contributed by atoms with Gasteiger partial charge in [0.05, 0.1) is 7.11 Å². The fourth-order valence-electron chi connectivity index (χ4n) is 6.56. The van der Waals surface area contributed by atoms with Gasteiger partial charge < -0.3 is 4.74 Å². The van der Waals surface area contributed by atoms with Crippen LogP contribution in [0.15, 0.2) is 18.2 Å². The quantitative estimate of drug-likeness (QED) is 0.820. The molecule has 1 heterocycles. The molecule has 0 N–H and O–H groups in total. The minimum Gasteiger partial charge on any atom is -0.497 e. The smallest absolute Gasteiger partial charge is 0.134 e. The Hall–Kier alpha value is -1.35. The van der Waals surface area contributed by atoms with Crippen LogP contribution in [-0.4, -0.2) is 36.9 Å². The predicted octanol–water partition coefficient (Wildman–Crippen LogP) is 3.98. The summed E-state index contributed by atoms with van der Waals surface area (Å²) in [5.74, 6) is 3.55. The molecule has 3 nitrogen and oxygen atoms in total. The van der Waals surface area contributed by atoms with Crippen molar-refractivity contribution in [3.63, 3.8) is 0 Å². The van der Waals surface area contributed by atoms with Gasteiger partial charge in [-0.3, -0.25) is 9.69 Å². The van der Waals surface area contributed by atoms with Gasteiger partial charge in [-0.1, -0.05) is 19.4 Å². The Kier molecular flexibility index (Phi) is 3.93. The Morgan fingerprint density at radius 3 is 2.85 bits per heavy atom. The highest BCUT2D eigenvalue weighted by Crippen LogP contribution is 2.58. The molecule has 0 aromatic heterocycles. The molecular formula is C23H31NO2. The number of ketones is 1. The Labute approximate surface area is 157 Å². The number of benzene rings is 1. The van der Waals surface area contributed by atoms with Crippen LogP contribution in [0.25, 0.3) is 0 Å². The van der Waals surface area contributed by atoms with Crippen LogP contribution in [0.1, 0.15) is 56.6 Å². The molecule has 0 amide bonds. The molecule has 2 unspecified atom stereocenters. The highest BCUT2D eigenvalue weighted by molar-refractivity contribution is 5.82. The average Bonchev–Trinajstić information content (AvgIpc) is 3.46.